The lowest BCUT2D eigenvalue weighted by Crippen LogP contribution is -2.09. The molecule has 0 nitrogen and oxygen atoms in total. The Balaban J connectivity index is 3.29. The van der Waals surface area contributed by atoms with Gasteiger partial charge >= 0.3 is 0 Å². The molecular formula is C6H12I2. The van der Waals surface area contributed by atoms with Gasteiger partial charge in [-0.1, -0.05) is 59.0 Å². The normalized spacial score (nSPS) is 18.0. The molecule has 2 unspecified atom stereocenters. The van der Waals surface area contributed by atoms with Crippen LogP contribution in [-0.2, 0) is 0 Å². The topological polar surface area (TPSA) is 0 Å². The molecule has 0 radical (unpaired) electrons. The molecule has 0 aromatic carbocycles. The highest BCUT2D eigenvalue weighted by molar-refractivity contribution is 14.1. The number of hydrogen-bond donors (Lipinski definition) is 0. The van der Waals surface area contributed by atoms with Gasteiger partial charge in [0.1, 0.15) is 0 Å². The van der Waals surface area contributed by atoms with Gasteiger partial charge in [0.15, 0.2) is 0 Å². The SMILES string of the molecule is CC(CI)C(C)CI. The number of rotatable bonds is 3. The van der Waals surface area contributed by atoms with Crippen LogP contribution in [0, 0.1) is 11.8 Å². The lowest BCUT2D eigenvalue weighted by molar-refractivity contribution is 0.484. The van der Waals surface area contributed by atoms with E-state index in [9.17, 15) is 0 Å². The Kier molecular flexibility index (Phi) is 6.22. The second kappa shape index (κ2) is 5.26. The molecule has 0 amide bonds. The van der Waals surface area contributed by atoms with Crippen molar-refractivity contribution >= 4 is 45.2 Å². The van der Waals surface area contributed by atoms with Gasteiger partial charge in [-0.05, 0) is 11.8 Å². The maximum atomic E-state index is 2.45. The van der Waals surface area contributed by atoms with Gasteiger partial charge in [-0.2, -0.15) is 0 Å². The Morgan fingerprint density at radius 1 is 1.00 bits per heavy atom. The molecule has 0 fully saturated rings. The summed E-state index contributed by atoms with van der Waals surface area (Å²) in [7, 11) is 0. The van der Waals surface area contributed by atoms with Gasteiger partial charge < -0.3 is 0 Å². The monoisotopic (exact) mass is 338 g/mol. The van der Waals surface area contributed by atoms with Crippen LogP contribution in [0.2, 0.25) is 0 Å². The van der Waals surface area contributed by atoms with Crippen LogP contribution < -0.4 is 0 Å². The van der Waals surface area contributed by atoms with Crippen molar-refractivity contribution in [2.24, 2.45) is 11.8 Å². The number of hydrogen-bond acceptors (Lipinski definition) is 0. The lowest BCUT2D eigenvalue weighted by atomic mass is 10.0. The minimum Gasteiger partial charge on any atom is -0.0861 e. The lowest BCUT2D eigenvalue weighted by Gasteiger charge is -2.13. The van der Waals surface area contributed by atoms with Gasteiger partial charge in [-0.15, -0.1) is 0 Å². The van der Waals surface area contributed by atoms with Crippen LogP contribution >= 0.6 is 45.2 Å². The van der Waals surface area contributed by atoms with Gasteiger partial charge in [-0.3, -0.25) is 0 Å². The summed E-state index contributed by atoms with van der Waals surface area (Å²) >= 11 is 4.90. The molecule has 0 heterocycles. The van der Waals surface area contributed by atoms with Gasteiger partial charge in [0.2, 0.25) is 0 Å². The standard InChI is InChI=1S/C6H12I2/c1-5(3-7)6(2)4-8/h5-6H,3-4H2,1-2H3. The molecule has 0 aliphatic rings. The van der Waals surface area contributed by atoms with Crippen molar-refractivity contribution in [3.05, 3.63) is 0 Å². The summed E-state index contributed by atoms with van der Waals surface area (Å²) in [6.45, 7) is 4.63. The largest absolute Gasteiger partial charge is 0.0861 e. The third-order valence-electron chi connectivity index (χ3n) is 1.46. The first kappa shape index (κ1) is 9.46. The van der Waals surface area contributed by atoms with Crippen LogP contribution in [0.3, 0.4) is 0 Å². The van der Waals surface area contributed by atoms with Crippen molar-refractivity contribution in [3.63, 3.8) is 0 Å². The smallest absolute Gasteiger partial charge is 0.00238 e. The zero-order valence-corrected chi connectivity index (χ0v) is 9.64. The second-order valence-electron chi connectivity index (χ2n) is 2.26. The molecular weight excluding hydrogens is 326 g/mol. The second-order valence-corrected chi connectivity index (χ2v) is 4.02. The van der Waals surface area contributed by atoms with E-state index in [-0.39, 0.29) is 0 Å². The third kappa shape index (κ3) is 3.48. The third-order valence-corrected chi connectivity index (χ3v) is 4.24. The van der Waals surface area contributed by atoms with E-state index < -0.39 is 0 Å². The van der Waals surface area contributed by atoms with Crippen molar-refractivity contribution in [2.45, 2.75) is 13.8 Å². The Bertz CT molecular complexity index is 46.5. The molecule has 0 saturated heterocycles. The number of halogens is 2. The molecule has 0 aliphatic heterocycles. The summed E-state index contributed by atoms with van der Waals surface area (Å²) in [5, 5.41) is 0. The van der Waals surface area contributed by atoms with E-state index in [1.54, 1.807) is 0 Å². The zero-order chi connectivity index (χ0) is 6.57. The highest BCUT2D eigenvalue weighted by Gasteiger charge is 2.07. The van der Waals surface area contributed by atoms with E-state index in [1.807, 2.05) is 0 Å². The number of alkyl halides is 2. The first-order valence-electron chi connectivity index (χ1n) is 2.84. The Morgan fingerprint density at radius 3 is 1.38 bits per heavy atom. The fourth-order valence-corrected chi connectivity index (χ4v) is 2.04. The zero-order valence-electron chi connectivity index (χ0n) is 5.32. The summed E-state index contributed by atoms with van der Waals surface area (Å²) in [5.41, 5.74) is 0. The molecule has 0 saturated carbocycles. The maximum absolute atomic E-state index is 2.45. The predicted molar refractivity (Wildman–Crippen MR) is 56.1 cm³/mol. The molecule has 0 spiro atoms. The van der Waals surface area contributed by atoms with Crippen molar-refractivity contribution in [2.75, 3.05) is 8.86 Å². The minimum atomic E-state index is 0.896. The molecule has 0 aliphatic carbocycles. The van der Waals surface area contributed by atoms with Crippen molar-refractivity contribution in [3.8, 4) is 0 Å². The van der Waals surface area contributed by atoms with Crippen molar-refractivity contribution in [1.82, 2.24) is 0 Å². The van der Waals surface area contributed by atoms with Crippen LogP contribution in [0.15, 0.2) is 0 Å². The van der Waals surface area contributed by atoms with Crippen LogP contribution in [0.5, 0.6) is 0 Å². The molecule has 0 aromatic rings. The molecule has 0 rings (SSSR count). The fourth-order valence-electron chi connectivity index (χ4n) is 0.304. The summed E-state index contributed by atoms with van der Waals surface area (Å²) in [6, 6.07) is 0. The molecule has 8 heavy (non-hydrogen) atoms. The van der Waals surface area contributed by atoms with E-state index in [1.165, 1.54) is 8.86 Å². The Morgan fingerprint density at radius 2 is 1.25 bits per heavy atom. The van der Waals surface area contributed by atoms with Crippen LogP contribution in [0.4, 0.5) is 0 Å². The average Bonchev–Trinajstić information content (AvgIpc) is 1.84. The minimum absolute atomic E-state index is 0.896. The van der Waals surface area contributed by atoms with Gasteiger partial charge in [0.25, 0.3) is 0 Å². The summed E-state index contributed by atoms with van der Waals surface area (Å²) in [5.74, 6) is 1.79. The maximum Gasteiger partial charge on any atom is 0.00238 e. The van der Waals surface area contributed by atoms with Crippen molar-refractivity contribution < 1.29 is 0 Å². The van der Waals surface area contributed by atoms with Crippen LogP contribution in [0.25, 0.3) is 0 Å². The first-order chi connectivity index (χ1) is 3.72. The quantitative estimate of drug-likeness (QED) is 0.548. The van der Waals surface area contributed by atoms with Crippen LogP contribution in [0.1, 0.15) is 13.8 Å². The molecule has 2 atom stereocenters. The Labute approximate surface area is 79.1 Å². The molecule has 0 aromatic heterocycles. The van der Waals surface area contributed by atoms with E-state index in [2.05, 4.69) is 59.0 Å². The predicted octanol–water partition coefficient (Wildman–Crippen LogP) is 3.13. The van der Waals surface area contributed by atoms with Gasteiger partial charge in [-0.25, -0.2) is 0 Å². The highest BCUT2D eigenvalue weighted by Crippen LogP contribution is 2.15. The Hall–Kier alpha value is 1.46. The molecule has 0 N–H and O–H groups in total. The van der Waals surface area contributed by atoms with E-state index in [0.717, 1.165) is 11.8 Å². The van der Waals surface area contributed by atoms with E-state index >= 15 is 0 Å². The first-order valence-corrected chi connectivity index (χ1v) is 5.89. The van der Waals surface area contributed by atoms with E-state index in [4.69, 9.17) is 0 Å². The summed E-state index contributed by atoms with van der Waals surface area (Å²) in [6.07, 6.45) is 0. The average molecular weight is 338 g/mol. The van der Waals surface area contributed by atoms with E-state index in [0.29, 0.717) is 0 Å². The molecule has 2 heteroatoms. The van der Waals surface area contributed by atoms with Gasteiger partial charge in [0.05, 0.1) is 0 Å². The highest BCUT2D eigenvalue weighted by atomic mass is 127. The van der Waals surface area contributed by atoms with Crippen LogP contribution in [-0.4, -0.2) is 8.86 Å². The fraction of sp³-hybridized carbons (Fsp3) is 1.00. The molecule has 0 bridgehead atoms. The summed E-state index contributed by atoms with van der Waals surface area (Å²) < 4.78 is 2.59. The molecule has 50 valence electrons. The summed E-state index contributed by atoms with van der Waals surface area (Å²) in [4.78, 5) is 0. The van der Waals surface area contributed by atoms with Crippen molar-refractivity contribution in [1.29, 1.82) is 0 Å². The van der Waals surface area contributed by atoms with Gasteiger partial charge in [0, 0.05) is 8.86 Å².